The molecule has 0 heterocycles. The standard InChI is InChI=1S/C8H13O4/c1-4-12-7(9)5-6(2)8(10)11-3/h6H,2,4-5H2,1,3H3. The van der Waals surface area contributed by atoms with Gasteiger partial charge in [0.2, 0.25) is 0 Å². The first kappa shape index (κ1) is 10.9. The molecule has 0 aromatic rings. The molecule has 0 bridgehead atoms. The lowest BCUT2D eigenvalue weighted by atomic mass is 10.1. The van der Waals surface area contributed by atoms with Crippen LogP contribution in [0.15, 0.2) is 0 Å². The molecule has 12 heavy (non-hydrogen) atoms. The van der Waals surface area contributed by atoms with Gasteiger partial charge in [0.15, 0.2) is 0 Å². The molecule has 69 valence electrons. The van der Waals surface area contributed by atoms with Crippen LogP contribution in [0, 0.1) is 12.8 Å². The topological polar surface area (TPSA) is 52.6 Å². The summed E-state index contributed by atoms with van der Waals surface area (Å²) in [6.45, 7) is 5.47. The Bertz CT molecular complexity index is 164. The van der Waals surface area contributed by atoms with Crippen molar-refractivity contribution in [2.45, 2.75) is 13.3 Å². The van der Waals surface area contributed by atoms with E-state index in [9.17, 15) is 9.59 Å². The highest BCUT2D eigenvalue weighted by Gasteiger charge is 2.17. The zero-order valence-corrected chi connectivity index (χ0v) is 7.33. The molecule has 0 fully saturated rings. The van der Waals surface area contributed by atoms with Gasteiger partial charge in [-0.1, -0.05) is 0 Å². The van der Waals surface area contributed by atoms with Crippen molar-refractivity contribution < 1.29 is 19.1 Å². The Kier molecular flexibility index (Phi) is 5.08. The number of hydrogen-bond acceptors (Lipinski definition) is 4. The van der Waals surface area contributed by atoms with Gasteiger partial charge in [0.05, 0.1) is 26.1 Å². The largest absolute Gasteiger partial charge is 0.469 e. The van der Waals surface area contributed by atoms with E-state index in [1.165, 1.54) is 7.11 Å². The Morgan fingerprint density at radius 2 is 2.08 bits per heavy atom. The lowest BCUT2D eigenvalue weighted by molar-refractivity contribution is -0.151. The van der Waals surface area contributed by atoms with Gasteiger partial charge in [-0.05, 0) is 13.8 Å². The minimum atomic E-state index is -0.672. The zero-order chi connectivity index (χ0) is 9.56. The first-order chi connectivity index (χ1) is 5.61. The van der Waals surface area contributed by atoms with Crippen molar-refractivity contribution in [3.63, 3.8) is 0 Å². The van der Waals surface area contributed by atoms with Crippen LogP contribution in [0.3, 0.4) is 0 Å². The summed E-state index contributed by atoms with van der Waals surface area (Å²) in [5, 5.41) is 0. The SMILES string of the molecule is [CH2]C(CC(=O)OCC)C(=O)OC. The van der Waals surface area contributed by atoms with Crippen LogP contribution >= 0.6 is 0 Å². The molecule has 0 aromatic heterocycles. The first-order valence-corrected chi connectivity index (χ1v) is 3.68. The summed E-state index contributed by atoms with van der Waals surface area (Å²) in [4.78, 5) is 21.6. The molecule has 1 atom stereocenters. The van der Waals surface area contributed by atoms with Crippen LogP contribution in [0.2, 0.25) is 0 Å². The van der Waals surface area contributed by atoms with E-state index in [1.54, 1.807) is 6.92 Å². The second-order valence-electron chi connectivity index (χ2n) is 2.23. The average Bonchev–Trinajstić information content (AvgIpc) is 2.03. The van der Waals surface area contributed by atoms with Crippen LogP contribution in [-0.4, -0.2) is 25.7 Å². The molecule has 1 unspecified atom stereocenters. The van der Waals surface area contributed by atoms with Crippen molar-refractivity contribution >= 4 is 11.9 Å². The number of ether oxygens (including phenoxy) is 2. The zero-order valence-electron chi connectivity index (χ0n) is 7.33. The summed E-state index contributed by atoms with van der Waals surface area (Å²) >= 11 is 0. The molecule has 0 aliphatic carbocycles. The highest BCUT2D eigenvalue weighted by Crippen LogP contribution is 2.04. The van der Waals surface area contributed by atoms with Crippen LogP contribution in [0.5, 0.6) is 0 Å². The molecule has 4 nitrogen and oxygen atoms in total. The van der Waals surface area contributed by atoms with E-state index in [1.807, 2.05) is 0 Å². The second kappa shape index (κ2) is 5.57. The number of esters is 2. The highest BCUT2D eigenvalue weighted by molar-refractivity contribution is 5.80. The molecule has 0 saturated heterocycles. The third-order valence-electron chi connectivity index (χ3n) is 1.25. The second-order valence-corrected chi connectivity index (χ2v) is 2.23. The molecule has 0 spiro atoms. The predicted molar refractivity (Wildman–Crippen MR) is 42.1 cm³/mol. The van der Waals surface area contributed by atoms with E-state index in [2.05, 4.69) is 16.4 Å². The minimum absolute atomic E-state index is 0.0273. The summed E-state index contributed by atoms with van der Waals surface area (Å²) in [6, 6.07) is 0. The summed E-state index contributed by atoms with van der Waals surface area (Å²) < 4.78 is 9.00. The van der Waals surface area contributed by atoms with E-state index in [-0.39, 0.29) is 6.42 Å². The lowest BCUT2D eigenvalue weighted by Gasteiger charge is -2.07. The van der Waals surface area contributed by atoms with Gasteiger partial charge in [-0.25, -0.2) is 0 Å². The van der Waals surface area contributed by atoms with Crippen molar-refractivity contribution in [2.75, 3.05) is 13.7 Å². The predicted octanol–water partition coefficient (Wildman–Crippen LogP) is 0.563. The number of methoxy groups -OCH3 is 1. The third-order valence-corrected chi connectivity index (χ3v) is 1.25. The maximum absolute atomic E-state index is 10.8. The maximum atomic E-state index is 10.8. The van der Waals surface area contributed by atoms with Crippen molar-refractivity contribution in [2.24, 2.45) is 5.92 Å². The molecular weight excluding hydrogens is 160 g/mol. The van der Waals surface area contributed by atoms with Crippen LogP contribution in [0.4, 0.5) is 0 Å². The van der Waals surface area contributed by atoms with Crippen LogP contribution in [-0.2, 0) is 19.1 Å². The number of carbonyl (C=O) groups is 2. The summed E-state index contributed by atoms with van der Waals surface area (Å²) in [6.07, 6.45) is -0.0273. The van der Waals surface area contributed by atoms with Crippen LogP contribution in [0.1, 0.15) is 13.3 Å². The van der Waals surface area contributed by atoms with Crippen molar-refractivity contribution in [1.29, 1.82) is 0 Å². The monoisotopic (exact) mass is 173 g/mol. The van der Waals surface area contributed by atoms with Crippen LogP contribution < -0.4 is 0 Å². The Hall–Kier alpha value is -1.06. The lowest BCUT2D eigenvalue weighted by Crippen LogP contribution is -2.18. The van der Waals surface area contributed by atoms with E-state index < -0.39 is 17.9 Å². The van der Waals surface area contributed by atoms with Gasteiger partial charge in [0, 0.05) is 0 Å². The Balaban J connectivity index is 3.75. The normalized spacial score (nSPS) is 11.9. The quantitative estimate of drug-likeness (QED) is 0.583. The maximum Gasteiger partial charge on any atom is 0.309 e. The molecule has 0 N–H and O–H groups in total. The van der Waals surface area contributed by atoms with Crippen molar-refractivity contribution in [1.82, 2.24) is 0 Å². The van der Waals surface area contributed by atoms with Gasteiger partial charge >= 0.3 is 11.9 Å². The molecule has 1 radical (unpaired) electrons. The molecule has 0 saturated carbocycles. The molecule has 0 aromatic carbocycles. The smallest absolute Gasteiger partial charge is 0.309 e. The van der Waals surface area contributed by atoms with E-state index in [0.717, 1.165) is 0 Å². The Labute approximate surface area is 71.8 Å². The summed E-state index contributed by atoms with van der Waals surface area (Å²) in [7, 11) is 1.26. The fourth-order valence-electron chi connectivity index (χ4n) is 0.671. The van der Waals surface area contributed by atoms with Crippen molar-refractivity contribution in [3.05, 3.63) is 6.92 Å². The average molecular weight is 173 g/mol. The van der Waals surface area contributed by atoms with E-state index in [4.69, 9.17) is 0 Å². The van der Waals surface area contributed by atoms with E-state index >= 15 is 0 Å². The molecule has 4 heteroatoms. The highest BCUT2D eigenvalue weighted by atomic mass is 16.5. The Morgan fingerprint density at radius 3 is 2.50 bits per heavy atom. The minimum Gasteiger partial charge on any atom is -0.469 e. The Morgan fingerprint density at radius 1 is 1.50 bits per heavy atom. The molecular formula is C8H13O4. The fraction of sp³-hybridized carbons (Fsp3) is 0.625. The van der Waals surface area contributed by atoms with E-state index in [0.29, 0.717) is 6.61 Å². The third kappa shape index (κ3) is 3.95. The van der Waals surface area contributed by atoms with Gasteiger partial charge < -0.3 is 9.47 Å². The van der Waals surface area contributed by atoms with Gasteiger partial charge in [0.1, 0.15) is 0 Å². The van der Waals surface area contributed by atoms with Crippen LogP contribution in [0.25, 0.3) is 0 Å². The summed E-state index contributed by atoms with van der Waals surface area (Å²) in [5.74, 6) is -1.60. The number of hydrogen-bond donors (Lipinski definition) is 0. The molecule has 0 aliphatic rings. The van der Waals surface area contributed by atoms with Gasteiger partial charge in [0.25, 0.3) is 0 Å². The molecule has 0 aliphatic heterocycles. The molecule has 0 amide bonds. The number of carbonyl (C=O) groups excluding carboxylic acids is 2. The fourth-order valence-corrected chi connectivity index (χ4v) is 0.671. The summed E-state index contributed by atoms with van der Waals surface area (Å²) in [5.41, 5.74) is 0. The van der Waals surface area contributed by atoms with Crippen molar-refractivity contribution in [3.8, 4) is 0 Å². The van der Waals surface area contributed by atoms with Gasteiger partial charge in [-0.3, -0.25) is 9.59 Å². The number of rotatable bonds is 4. The molecule has 0 rings (SSSR count). The van der Waals surface area contributed by atoms with Gasteiger partial charge in [-0.2, -0.15) is 0 Å². The van der Waals surface area contributed by atoms with Gasteiger partial charge in [-0.15, -0.1) is 0 Å². The first-order valence-electron chi connectivity index (χ1n) is 3.68.